The van der Waals surface area contributed by atoms with Crippen LogP contribution in [0.4, 0.5) is 0 Å². The molecule has 1 saturated heterocycles. The second kappa shape index (κ2) is 5.79. The number of hydrogen-bond donors (Lipinski definition) is 2. The molecule has 2 heterocycles. The summed E-state index contributed by atoms with van der Waals surface area (Å²) in [5.74, 6) is -0.766. The molecule has 1 atom stereocenters. The third-order valence-electron chi connectivity index (χ3n) is 3.94. The highest BCUT2D eigenvalue weighted by Gasteiger charge is 2.28. The molecule has 5 heteroatoms. The molecule has 5 nitrogen and oxygen atoms in total. The number of rotatable bonds is 3. The zero-order chi connectivity index (χ0) is 14.8. The maximum Gasteiger partial charge on any atom is 0.322 e. The number of pyridine rings is 1. The first kappa shape index (κ1) is 14.0. The zero-order valence-electron chi connectivity index (χ0n) is 12.0. The van der Waals surface area contributed by atoms with Crippen LogP contribution >= 0.6 is 0 Å². The largest absolute Gasteiger partial charge is 0.480 e. The van der Waals surface area contributed by atoms with Crippen LogP contribution in [0.25, 0.3) is 10.9 Å². The van der Waals surface area contributed by atoms with Crippen molar-refractivity contribution in [2.75, 3.05) is 19.6 Å². The van der Waals surface area contributed by atoms with Crippen LogP contribution in [0.5, 0.6) is 0 Å². The van der Waals surface area contributed by atoms with Gasteiger partial charge in [-0.3, -0.25) is 14.7 Å². The van der Waals surface area contributed by atoms with E-state index in [0.717, 1.165) is 35.2 Å². The Balaban J connectivity index is 1.95. The number of carbonyl (C=O) groups is 1. The fourth-order valence-corrected chi connectivity index (χ4v) is 2.92. The van der Waals surface area contributed by atoms with E-state index in [1.54, 1.807) is 0 Å². The predicted octanol–water partition coefficient (Wildman–Crippen LogP) is 1.40. The van der Waals surface area contributed by atoms with Crippen LogP contribution in [0.1, 0.15) is 11.3 Å². The van der Waals surface area contributed by atoms with Crippen molar-refractivity contribution in [2.45, 2.75) is 19.5 Å². The molecule has 0 aliphatic carbocycles. The van der Waals surface area contributed by atoms with Gasteiger partial charge in [-0.2, -0.15) is 0 Å². The van der Waals surface area contributed by atoms with Crippen molar-refractivity contribution in [2.24, 2.45) is 0 Å². The number of aliphatic carboxylic acids is 1. The molecule has 0 radical (unpaired) electrons. The molecule has 21 heavy (non-hydrogen) atoms. The van der Waals surface area contributed by atoms with E-state index in [0.29, 0.717) is 13.1 Å². The number of piperazine rings is 1. The van der Waals surface area contributed by atoms with E-state index < -0.39 is 12.0 Å². The Bertz CT molecular complexity index is 672. The predicted molar refractivity (Wildman–Crippen MR) is 81.2 cm³/mol. The number of para-hydroxylation sites is 1. The van der Waals surface area contributed by atoms with Gasteiger partial charge in [0.1, 0.15) is 6.04 Å². The first-order valence-corrected chi connectivity index (χ1v) is 7.18. The van der Waals surface area contributed by atoms with Gasteiger partial charge in [-0.05, 0) is 24.6 Å². The standard InChI is InChI=1S/C16H19N3O2/c1-11-8-12(13-4-2-3-5-14(13)18-11)10-19-7-6-17-9-15(19)16(20)21/h2-5,8,15,17H,6-7,9-10H2,1H3,(H,20,21). The number of fused-ring (bicyclic) bond motifs is 1. The summed E-state index contributed by atoms with van der Waals surface area (Å²) in [6.45, 7) is 4.68. The van der Waals surface area contributed by atoms with Crippen LogP contribution in [0.2, 0.25) is 0 Å². The summed E-state index contributed by atoms with van der Waals surface area (Å²) in [6, 6.07) is 9.61. The molecule has 1 aliphatic rings. The van der Waals surface area contributed by atoms with Gasteiger partial charge in [0, 0.05) is 37.3 Å². The van der Waals surface area contributed by atoms with Crippen molar-refractivity contribution in [3.05, 3.63) is 41.6 Å². The van der Waals surface area contributed by atoms with Gasteiger partial charge in [0.25, 0.3) is 0 Å². The van der Waals surface area contributed by atoms with E-state index in [1.807, 2.05) is 30.0 Å². The molecule has 1 aliphatic heterocycles. The van der Waals surface area contributed by atoms with Crippen LogP contribution in [0.15, 0.2) is 30.3 Å². The summed E-state index contributed by atoms with van der Waals surface area (Å²) in [5, 5.41) is 13.6. The summed E-state index contributed by atoms with van der Waals surface area (Å²) in [5.41, 5.74) is 3.08. The lowest BCUT2D eigenvalue weighted by atomic mass is 10.1. The Morgan fingerprint density at radius 2 is 2.29 bits per heavy atom. The lowest BCUT2D eigenvalue weighted by Crippen LogP contribution is -2.54. The Kier molecular flexibility index (Phi) is 3.86. The lowest BCUT2D eigenvalue weighted by Gasteiger charge is -2.33. The van der Waals surface area contributed by atoms with Crippen LogP contribution in [-0.4, -0.2) is 46.6 Å². The summed E-state index contributed by atoms with van der Waals surface area (Å²) in [6.07, 6.45) is 0. The van der Waals surface area contributed by atoms with E-state index in [4.69, 9.17) is 0 Å². The fraction of sp³-hybridized carbons (Fsp3) is 0.375. The van der Waals surface area contributed by atoms with Crippen LogP contribution in [0, 0.1) is 6.92 Å². The summed E-state index contributed by atoms with van der Waals surface area (Å²) >= 11 is 0. The Morgan fingerprint density at radius 1 is 1.48 bits per heavy atom. The molecule has 110 valence electrons. The minimum absolute atomic E-state index is 0.467. The second-order valence-electron chi connectivity index (χ2n) is 5.47. The molecule has 0 spiro atoms. The smallest absolute Gasteiger partial charge is 0.322 e. The van der Waals surface area contributed by atoms with Gasteiger partial charge in [-0.15, -0.1) is 0 Å². The van der Waals surface area contributed by atoms with Gasteiger partial charge < -0.3 is 10.4 Å². The first-order valence-electron chi connectivity index (χ1n) is 7.18. The van der Waals surface area contributed by atoms with Crippen molar-refractivity contribution in [3.8, 4) is 0 Å². The third kappa shape index (κ3) is 2.89. The van der Waals surface area contributed by atoms with Crippen molar-refractivity contribution in [1.29, 1.82) is 0 Å². The van der Waals surface area contributed by atoms with Gasteiger partial charge in [-0.1, -0.05) is 18.2 Å². The molecule has 2 N–H and O–H groups in total. The third-order valence-corrected chi connectivity index (χ3v) is 3.94. The van der Waals surface area contributed by atoms with E-state index in [2.05, 4.69) is 22.4 Å². The molecular weight excluding hydrogens is 266 g/mol. The Morgan fingerprint density at radius 3 is 3.10 bits per heavy atom. The fourth-order valence-electron chi connectivity index (χ4n) is 2.92. The average molecular weight is 285 g/mol. The van der Waals surface area contributed by atoms with E-state index in [1.165, 1.54) is 0 Å². The van der Waals surface area contributed by atoms with Crippen molar-refractivity contribution < 1.29 is 9.90 Å². The van der Waals surface area contributed by atoms with E-state index >= 15 is 0 Å². The molecule has 0 amide bonds. The van der Waals surface area contributed by atoms with Crippen molar-refractivity contribution in [1.82, 2.24) is 15.2 Å². The Labute approximate surface area is 123 Å². The quantitative estimate of drug-likeness (QED) is 0.892. The number of carboxylic acid groups (broad SMARTS) is 1. The molecule has 1 unspecified atom stereocenters. The Hall–Kier alpha value is -1.98. The van der Waals surface area contributed by atoms with Gasteiger partial charge in [0.15, 0.2) is 0 Å². The topological polar surface area (TPSA) is 65.5 Å². The number of nitrogens with zero attached hydrogens (tertiary/aromatic N) is 2. The number of aryl methyl sites for hydroxylation is 1. The maximum absolute atomic E-state index is 11.4. The van der Waals surface area contributed by atoms with Crippen LogP contribution in [-0.2, 0) is 11.3 Å². The minimum Gasteiger partial charge on any atom is -0.480 e. The number of aromatic nitrogens is 1. The maximum atomic E-state index is 11.4. The van der Waals surface area contributed by atoms with Crippen molar-refractivity contribution in [3.63, 3.8) is 0 Å². The number of nitrogens with one attached hydrogen (secondary N) is 1. The number of carboxylic acids is 1. The van der Waals surface area contributed by atoms with Gasteiger partial charge in [0.05, 0.1) is 5.52 Å². The molecule has 2 aromatic rings. The minimum atomic E-state index is -0.766. The highest BCUT2D eigenvalue weighted by atomic mass is 16.4. The van der Waals surface area contributed by atoms with Gasteiger partial charge in [-0.25, -0.2) is 0 Å². The number of hydrogen-bond acceptors (Lipinski definition) is 4. The molecule has 1 fully saturated rings. The highest BCUT2D eigenvalue weighted by Crippen LogP contribution is 2.21. The second-order valence-corrected chi connectivity index (χ2v) is 5.47. The lowest BCUT2D eigenvalue weighted by molar-refractivity contribution is -0.144. The molecule has 0 saturated carbocycles. The van der Waals surface area contributed by atoms with Gasteiger partial charge >= 0.3 is 5.97 Å². The first-order chi connectivity index (χ1) is 10.1. The monoisotopic (exact) mass is 285 g/mol. The normalized spacial score (nSPS) is 19.8. The van der Waals surface area contributed by atoms with E-state index in [-0.39, 0.29) is 0 Å². The van der Waals surface area contributed by atoms with E-state index in [9.17, 15) is 9.90 Å². The summed E-state index contributed by atoms with van der Waals surface area (Å²) in [4.78, 5) is 18.0. The summed E-state index contributed by atoms with van der Waals surface area (Å²) in [7, 11) is 0. The summed E-state index contributed by atoms with van der Waals surface area (Å²) < 4.78 is 0. The van der Waals surface area contributed by atoms with Gasteiger partial charge in [0.2, 0.25) is 0 Å². The zero-order valence-corrected chi connectivity index (χ0v) is 12.0. The molecule has 3 rings (SSSR count). The SMILES string of the molecule is Cc1cc(CN2CCNCC2C(=O)O)c2ccccc2n1. The molecule has 1 aromatic carbocycles. The number of benzene rings is 1. The highest BCUT2D eigenvalue weighted by molar-refractivity contribution is 5.82. The van der Waals surface area contributed by atoms with Crippen molar-refractivity contribution >= 4 is 16.9 Å². The van der Waals surface area contributed by atoms with Crippen LogP contribution in [0.3, 0.4) is 0 Å². The molecule has 1 aromatic heterocycles. The average Bonchev–Trinajstić information content (AvgIpc) is 2.47. The molecular formula is C16H19N3O2. The molecule has 0 bridgehead atoms. The van der Waals surface area contributed by atoms with Crippen LogP contribution < -0.4 is 5.32 Å².